The lowest BCUT2D eigenvalue weighted by atomic mass is 9.78. The van der Waals surface area contributed by atoms with Gasteiger partial charge in [-0.2, -0.15) is 13.2 Å². The number of aromatic nitrogens is 2. The molecule has 0 aliphatic carbocycles. The lowest BCUT2D eigenvalue weighted by Crippen LogP contribution is -2.42. The first-order chi connectivity index (χ1) is 9.88. The second-order valence-corrected chi connectivity index (χ2v) is 5.68. The average Bonchev–Trinajstić information content (AvgIpc) is 2.80. The topological polar surface area (TPSA) is 58.1 Å². The Balaban J connectivity index is 1.71. The summed E-state index contributed by atoms with van der Waals surface area (Å²) in [5.41, 5.74) is -0.972. The molecule has 114 valence electrons. The van der Waals surface area contributed by atoms with Gasteiger partial charge in [-0.05, 0) is 24.3 Å². The molecule has 1 spiro atoms. The van der Waals surface area contributed by atoms with Crippen molar-refractivity contribution in [3.8, 4) is 0 Å². The number of carbonyl (C=O) groups is 1. The largest absolute Gasteiger partial charge is 0.433 e. The maximum Gasteiger partial charge on any atom is 0.433 e. The van der Waals surface area contributed by atoms with Gasteiger partial charge in [0, 0.05) is 32.3 Å². The molecule has 0 aromatic carbocycles. The smallest absolute Gasteiger partial charge is 0.356 e. The molecule has 2 aliphatic rings. The van der Waals surface area contributed by atoms with Crippen LogP contribution in [0, 0.1) is 5.41 Å². The van der Waals surface area contributed by atoms with E-state index in [1.165, 1.54) is 0 Å². The van der Waals surface area contributed by atoms with E-state index >= 15 is 0 Å². The number of carbonyl (C=O) groups excluding carboxylic acids is 1. The van der Waals surface area contributed by atoms with Crippen LogP contribution in [-0.2, 0) is 11.0 Å². The molecule has 21 heavy (non-hydrogen) atoms. The number of hydrogen-bond donors (Lipinski definition) is 1. The van der Waals surface area contributed by atoms with E-state index in [4.69, 9.17) is 0 Å². The molecule has 0 atom stereocenters. The van der Waals surface area contributed by atoms with E-state index in [9.17, 15) is 18.0 Å². The Morgan fingerprint density at radius 3 is 2.57 bits per heavy atom. The summed E-state index contributed by atoms with van der Waals surface area (Å²) in [6.07, 6.45) is -1.31. The number of hydrogen-bond acceptors (Lipinski definition) is 4. The molecule has 5 nitrogen and oxygen atoms in total. The third-order valence-electron chi connectivity index (χ3n) is 4.24. The van der Waals surface area contributed by atoms with E-state index < -0.39 is 11.9 Å². The molecule has 1 aromatic rings. The fourth-order valence-corrected chi connectivity index (χ4v) is 2.94. The molecule has 1 amide bonds. The predicted octanol–water partition coefficient (Wildman–Crippen LogP) is 1.60. The first-order valence-corrected chi connectivity index (χ1v) is 6.80. The van der Waals surface area contributed by atoms with Crippen LogP contribution in [0.3, 0.4) is 0 Å². The third kappa shape index (κ3) is 2.79. The first-order valence-electron chi connectivity index (χ1n) is 6.80. The molecule has 1 aromatic heterocycles. The maximum atomic E-state index is 12.7. The van der Waals surface area contributed by atoms with Gasteiger partial charge >= 0.3 is 6.18 Å². The zero-order valence-electron chi connectivity index (χ0n) is 11.3. The normalized spacial score (nSPS) is 21.7. The van der Waals surface area contributed by atoms with Gasteiger partial charge in [0.25, 0.3) is 0 Å². The number of piperidine rings is 1. The minimum absolute atomic E-state index is 0.0464. The number of anilines is 1. The molecule has 0 unspecified atom stereocenters. The summed E-state index contributed by atoms with van der Waals surface area (Å²) >= 11 is 0. The second-order valence-electron chi connectivity index (χ2n) is 5.68. The Morgan fingerprint density at radius 2 is 2.00 bits per heavy atom. The van der Waals surface area contributed by atoms with Crippen LogP contribution in [0.1, 0.15) is 25.0 Å². The molecular weight excluding hydrogens is 285 g/mol. The number of nitrogens with one attached hydrogen (secondary N) is 1. The Labute approximate surface area is 119 Å². The monoisotopic (exact) mass is 300 g/mol. The molecule has 0 saturated carbocycles. The van der Waals surface area contributed by atoms with Gasteiger partial charge in [-0.3, -0.25) is 4.79 Å². The average molecular weight is 300 g/mol. The van der Waals surface area contributed by atoms with Crippen LogP contribution >= 0.6 is 0 Å². The van der Waals surface area contributed by atoms with Gasteiger partial charge in [0.05, 0.1) is 0 Å². The Morgan fingerprint density at radius 1 is 1.29 bits per heavy atom. The Hall–Kier alpha value is -1.86. The third-order valence-corrected chi connectivity index (χ3v) is 4.24. The minimum Gasteiger partial charge on any atom is -0.356 e. The van der Waals surface area contributed by atoms with Crippen molar-refractivity contribution >= 4 is 11.9 Å². The molecule has 3 rings (SSSR count). The van der Waals surface area contributed by atoms with E-state index in [0.29, 0.717) is 26.1 Å². The summed E-state index contributed by atoms with van der Waals surface area (Å²) in [7, 11) is 0. The highest BCUT2D eigenvalue weighted by Gasteiger charge is 2.41. The highest BCUT2D eigenvalue weighted by atomic mass is 19.4. The molecule has 0 bridgehead atoms. The standard InChI is InChI=1S/C13H15F3N4O/c14-13(15,16)9-1-4-17-11(19-9)20-5-2-12(3-6-20)7-10(21)18-8-12/h1,4H,2-3,5-8H2,(H,18,21). The molecule has 2 saturated heterocycles. The van der Waals surface area contributed by atoms with Crippen LogP contribution in [0.25, 0.3) is 0 Å². The minimum atomic E-state index is -4.46. The van der Waals surface area contributed by atoms with Crippen molar-refractivity contribution in [3.63, 3.8) is 0 Å². The summed E-state index contributed by atoms with van der Waals surface area (Å²) in [4.78, 5) is 20.6. The summed E-state index contributed by atoms with van der Waals surface area (Å²) in [6, 6.07) is 0.870. The van der Waals surface area contributed by atoms with Crippen molar-refractivity contribution in [2.75, 3.05) is 24.5 Å². The predicted molar refractivity (Wildman–Crippen MR) is 68.5 cm³/mol. The van der Waals surface area contributed by atoms with Gasteiger partial charge in [-0.25, -0.2) is 9.97 Å². The van der Waals surface area contributed by atoms with Crippen LogP contribution in [0.5, 0.6) is 0 Å². The van der Waals surface area contributed by atoms with Crippen LogP contribution in [0.15, 0.2) is 12.3 Å². The van der Waals surface area contributed by atoms with Crippen molar-refractivity contribution in [2.45, 2.75) is 25.4 Å². The SMILES string of the molecule is O=C1CC2(CCN(c3nccc(C(F)(F)F)n3)CC2)CN1. The molecule has 2 fully saturated rings. The van der Waals surface area contributed by atoms with Gasteiger partial charge < -0.3 is 10.2 Å². The lowest BCUT2D eigenvalue weighted by Gasteiger charge is -2.38. The highest BCUT2D eigenvalue weighted by molar-refractivity contribution is 5.79. The molecule has 8 heteroatoms. The van der Waals surface area contributed by atoms with Crippen molar-refractivity contribution < 1.29 is 18.0 Å². The Kier molecular flexibility index (Phi) is 3.26. The lowest BCUT2D eigenvalue weighted by molar-refractivity contribution is -0.141. The quantitative estimate of drug-likeness (QED) is 0.856. The molecule has 3 heterocycles. The molecule has 0 radical (unpaired) electrons. The number of amides is 1. The van der Waals surface area contributed by atoms with Gasteiger partial charge in [-0.1, -0.05) is 0 Å². The number of nitrogens with zero attached hydrogens (tertiary/aromatic N) is 3. The van der Waals surface area contributed by atoms with Crippen LogP contribution in [0.4, 0.5) is 19.1 Å². The van der Waals surface area contributed by atoms with Crippen LogP contribution < -0.4 is 10.2 Å². The molecular formula is C13H15F3N4O. The van der Waals surface area contributed by atoms with Crippen molar-refractivity contribution in [1.29, 1.82) is 0 Å². The summed E-state index contributed by atoms with van der Waals surface area (Å²) in [5, 5.41) is 2.83. The molecule has 2 aliphatic heterocycles. The second kappa shape index (κ2) is 4.85. The molecule has 1 N–H and O–H groups in total. The fourth-order valence-electron chi connectivity index (χ4n) is 2.94. The van der Waals surface area contributed by atoms with E-state index in [1.807, 2.05) is 0 Å². The fraction of sp³-hybridized carbons (Fsp3) is 0.615. The van der Waals surface area contributed by atoms with Crippen LogP contribution in [0.2, 0.25) is 0 Å². The van der Waals surface area contributed by atoms with E-state index in [2.05, 4.69) is 15.3 Å². The van der Waals surface area contributed by atoms with E-state index in [-0.39, 0.29) is 17.3 Å². The highest BCUT2D eigenvalue weighted by Crippen LogP contribution is 2.38. The zero-order valence-corrected chi connectivity index (χ0v) is 11.3. The van der Waals surface area contributed by atoms with Gasteiger partial charge in [-0.15, -0.1) is 0 Å². The van der Waals surface area contributed by atoms with Gasteiger partial charge in [0.15, 0.2) is 0 Å². The summed E-state index contributed by atoms with van der Waals surface area (Å²) in [6.45, 7) is 1.79. The van der Waals surface area contributed by atoms with Crippen molar-refractivity contribution in [1.82, 2.24) is 15.3 Å². The first kappa shape index (κ1) is 14.1. The van der Waals surface area contributed by atoms with E-state index in [0.717, 1.165) is 25.1 Å². The van der Waals surface area contributed by atoms with Crippen LogP contribution in [-0.4, -0.2) is 35.5 Å². The number of rotatable bonds is 1. The van der Waals surface area contributed by atoms with Gasteiger partial charge in [0.1, 0.15) is 5.69 Å². The van der Waals surface area contributed by atoms with Gasteiger partial charge in [0.2, 0.25) is 11.9 Å². The van der Waals surface area contributed by atoms with Crippen molar-refractivity contribution in [2.24, 2.45) is 5.41 Å². The maximum absolute atomic E-state index is 12.7. The number of alkyl halides is 3. The van der Waals surface area contributed by atoms with Crippen molar-refractivity contribution in [3.05, 3.63) is 18.0 Å². The zero-order chi connectivity index (χ0) is 15.1. The Bertz CT molecular complexity index is 553. The van der Waals surface area contributed by atoms with E-state index in [1.54, 1.807) is 4.90 Å². The summed E-state index contributed by atoms with van der Waals surface area (Å²) < 4.78 is 38.0. The summed E-state index contributed by atoms with van der Waals surface area (Å²) in [5.74, 6) is 0.163. The number of halogens is 3.